The molecule has 118 valence electrons. The SMILES string of the molecule is COC(=O)OCOC(=O)[C@@H]1N2C(=O)C(Br)(Br)[C@H]2SC1(C)C. The van der Waals surface area contributed by atoms with Crippen LogP contribution in [-0.4, -0.2) is 56.2 Å². The van der Waals surface area contributed by atoms with E-state index < -0.39 is 32.9 Å². The first-order chi connectivity index (χ1) is 9.63. The number of rotatable bonds is 3. The molecular formula is C11H13Br2NO6S. The minimum Gasteiger partial charge on any atom is -0.438 e. The quantitative estimate of drug-likeness (QED) is 0.283. The van der Waals surface area contributed by atoms with Crippen LogP contribution in [0.2, 0.25) is 0 Å². The van der Waals surface area contributed by atoms with Crippen LogP contribution in [0.25, 0.3) is 0 Å². The van der Waals surface area contributed by atoms with Crippen molar-refractivity contribution in [1.29, 1.82) is 0 Å². The van der Waals surface area contributed by atoms with Gasteiger partial charge in [0.15, 0.2) is 3.23 Å². The Morgan fingerprint density at radius 2 is 1.95 bits per heavy atom. The van der Waals surface area contributed by atoms with Gasteiger partial charge in [-0.2, -0.15) is 0 Å². The zero-order valence-corrected chi connectivity index (χ0v) is 15.4. The zero-order valence-electron chi connectivity index (χ0n) is 11.4. The molecule has 0 aromatic carbocycles. The molecule has 2 aliphatic heterocycles. The second-order valence-corrected chi connectivity index (χ2v) is 10.3. The number of amides is 1. The summed E-state index contributed by atoms with van der Waals surface area (Å²) in [5, 5.41) is -0.209. The maximum Gasteiger partial charge on any atom is 0.510 e. The standard InChI is InChI=1S/C11H13Br2NO6S/c1-10(2)5(6(15)19-4-20-9(17)18-3)14-7(16)11(12,13)8(14)21-10/h5,8H,4H2,1-3H3/t5-,8+/m0/s1. The Hall–Kier alpha value is -0.480. The van der Waals surface area contributed by atoms with E-state index in [2.05, 4.69) is 41.3 Å². The van der Waals surface area contributed by atoms with Gasteiger partial charge in [-0.3, -0.25) is 4.79 Å². The number of ether oxygens (including phenoxy) is 3. The Labute approximate surface area is 142 Å². The van der Waals surface area contributed by atoms with Crippen LogP contribution >= 0.6 is 43.6 Å². The fourth-order valence-corrected chi connectivity index (χ4v) is 5.14. The lowest BCUT2D eigenvalue weighted by molar-refractivity contribution is -0.167. The summed E-state index contributed by atoms with van der Waals surface area (Å²) < 4.78 is 12.3. The summed E-state index contributed by atoms with van der Waals surface area (Å²) in [7, 11) is 1.15. The highest BCUT2D eigenvalue weighted by Gasteiger charge is 2.70. The van der Waals surface area contributed by atoms with Gasteiger partial charge >= 0.3 is 12.1 Å². The molecule has 0 unspecified atom stereocenters. The molecule has 0 aromatic rings. The van der Waals surface area contributed by atoms with E-state index in [0.29, 0.717) is 0 Å². The van der Waals surface area contributed by atoms with Gasteiger partial charge in [-0.05, 0) is 13.8 Å². The number of carbonyl (C=O) groups excluding carboxylic acids is 3. The van der Waals surface area contributed by atoms with E-state index in [1.807, 2.05) is 13.8 Å². The number of halogens is 2. The first-order valence-electron chi connectivity index (χ1n) is 5.88. The van der Waals surface area contributed by atoms with Gasteiger partial charge in [-0.25, -0.2) is 9.59 Å². The molecule has 0 aromatic heterocycles. The van der Waals surface area contributed by atoms with E-state index in [0.717, 1.165) is 7.11 Å². The molecule has 2 saturated heterocycles. The Kier molecular flexibility index (Phi) is 4.52. The molecule has 0 N–H and O–H groups in total. The number of thioether (sulfide) groups is 1. The van der Waals surface area contributed by atoms with E-state index in [1.54, 1.807) is 0 Å². The highest BCUT2D eigenvalue weighted by Crippen LogP contribution is 2.60. The molecule has 10 heteroatoms. The molecular weight excluding hydrogens is 434 g/mol. The molecule has 2 aliphatic rings. The van der Waals surface area contributed by atoms with E-state index in [1.165, 1.54) is 16.7 Å². The molecule has 1 amide bonds. The van der Waals surface area contributed by atoms with Gasteiger partial charge in [0.1, 0.15) is 11.4 Å². The van der Waals surface area contributed by atoms with Gasteiger partial charge < -0.3 is 19.1 Å². The van der Waals surface area contributed by atoms with Crippen molar-refractivity contribution in [2.75, 3.05) is 13.9 Å². The fraction of sp³-hybridized carbons (Fsp3) is 0.727. The minimum atomic E-state index is -0.944. The lowest BCUT2D eigenvalue weighted by Gasteiger charge is -2.46. The van der Waals surface area contributed by atoms with Crippen LogP contribution in [0.15, 0.2) is 0 Å². The highest BCUT2D eigenvalue weighted by molar-refractivity contribution is 9.26. The largest absolute Gasteiger partial charge is 0.510 e. The molecule has 21 heavy (non-hydrogen) atoms. The van der Waals surface area contributed by atoms with Gasteiger partial charge in [0.25, 0.3) is 5.91 Å². The molecule has 2 rings (SSSR count). The van der Waals surface area contributed by atoms with Crippen molar-refractivity contribution >= 4 is 61.7 Å². The van der Waals surface area contributed by atoms with Crippen molar-refractivity contribution in [1.82, 2.24) is 4.90 Å². The number of esters is 1. The second kappa shape index (κ2) is 5.62. The summed E-state index contributed by atoms with van der Waals surface area (Å²) in [6, 6.07) is -0.746. The van der Waals surface area contributed by atoms with E-state index in [9.17, 15) is 14.4 Å². The highest BCUT2D eigenvalue weighted by atomic mass is 79.9. The van der Waals surface area contributed by atoms with Crippen LogP contribution in [0, 0.1) is 0 Å². The number of alkyl halides is 2. The van der Waals surface area contributed by atoms with E-state index in [-0.39, 0.29) is 11.3 Å². The first-order valence-corrected chi connectivity index (χ1v) is 8.35. The summed E-state index contributed by atoms with van der Waals surface area (Å²) in [6.07, 6.45) is -0.944. The predicted molar refractivity (Wildman–Crippen MR) is 81.1 cm³/mol. The number of hydrogen-bond donors (Lipinski definition) is 0. The topological polar surface area (TPSA) is 82.1 Å². The summed E-state index contributed by atoms with van der Waals surface area (Å²) in [4.78, 5) is 36.5. The zero-order chi connectivity index (χ0) is 16.0. The first kappa shape index (κ1) is 16.9. The van der Waals surface area contributed by atoms with Gasteiger partial charge in [0.2, 0.25) is 6.79 Å². The van der Waals surface area contributed by atoms with Crippen LogP contribution in [0.4, 0.5) is 4.79 Å². The molecule has 0 spiro atoms. The Balaban J connectivity index is 2.03. The van der Waals surface area contributed by atoms with Crippen LogP contribution in [0.3, 0.4) is 0 Å². The molecule has 2 atom stereocenters. The molecule has 0 bridgehead atoms. The van der Waals surface area contributed by atoms with Crippen LogP contribution < -0.4 is 0 Å². The number of hydrogen-bond acceptors (Lipinski definition) is 7. The molecule has 0 aliphatic carbocycles. The Bertz CT molecular complexity index is 497. The smallest absolute Gasteiger partial charge is 0.438 e. The molecule has 7 nitrogen and oxygen atoms in total. The normalized spacial score (nSPS) is 28.4. The lowest BCUT2D eigenvalue weighted by Crippen LogP contribution is -2.68. The summed E-state index contributed by atoms with van der Waals surface area (Å²) in [5.74, 6) is -0.857. The number of fused-ring (bicyclic) bond motifs is 1. The summed E-state index contributed by atoms with van der Waals surface area (Å²) in [5.41, 5.74) is 0. The number of methoxy groups -OCH3 is 1. The van der Waals surface area contributed by atoms with Crippen LogP contribution in [0.5, 0.6) is 0 Å². The van der Waals surface area contributed by atoms with Crippen molar-refractivity contribution in [2.45, 2.75) is 33.2 Å². The molecule has 2 heterocycles. The van der Waals surface area contributed by atoms with Crippen molar-refractivity contribution in [3.8, 4) is 0 Å². The summed E-state index contributed by atoms with van der Waals surface area (Å²) in [6.45, 7) is 3.15. The average Bonchev–Trinajstić information content (AvgIpc) is 2.68. The Morgan fingerprint density at radius 1 is 1.33 bits per heavy atom. The van der Waals surface area contributed by atoms with Crippen molar-refractivity contribution in [2.24, 2.45) is 0 Å². The third-order valence-corrected chi connectivity index (χ3v) is 6.99. The van der Waals surface area contributed by atoms with E-state index >= 15 is 0 Å². The maximum atomic E-state index is 12.2. The number of β-lactam (4-membered cyclic amide) rings is 1. The average molecular weight is 447 g/mol. The number of carbonyl (C=O) groups is 3. The maximum absolute atomic E-state index is 12.2. The summed E-state index contributed by atoms with van der Waals surface area (Å²) >= 11 is 8.11. The molecule has 2 fully saturated rings. The van der Waals surface area contributed by atoms with Crippen LogP contribution in [0.1, 0.15) is 13.8 Å². The monoisotopic (exact) mass is 445 g/mol. The Morgan fingerprint density at radius 3 is 2.52 bits per heavy atom. The van der Waals surface area contributed by atoms with Crippen molar-refractivity contribution < 1.29 is 28.6 Å². The van der Waals surface area contributed by atoms with Gasteiger partial charge in [-0.1, -0.05) is 31.9 Å². The third kappa shape index (κ3) is 2.77. The predicted octanol–water partition coefficient (Wildman–Crippen LogP) is 1.82. The molecule has 0 radical (unpaired) electrons. The lowest BCUT2D eigenvalue weighted by atomic mass is 9.98. The van der Waals surface area contributed by atoms with Gasteiger partial charge in [0, 0.05) is 4.75 Å². The van der Waals surface area contributed by atoms with E-state index in [4.69, 9.17) is 4.74 Å². The van der Waals surface area contributed by atoms with Crippen molar-refractivity contribution in [3.63, 3.8) is 0 Å². The second-order valence-electron chi connectivity index (χ2n) is 4.99. The van der Waals surface area contributed by atoms with Gasteiger partial charge in [0.05, 0.1) is 7.11 Å². The third-order valence-electron chi connectivity index (χ3n) is 3.20. The molecule has 0 saturated carbocycles. The van der Waals surface area contributed by atoms with Crippen molar-refractivity contribution in [3.05, 3.63) is 0 Å². The fourth-order valence-electron chi connectivity index (χ4n) is 2.23. The van der Waals surface area contributed by atoms with Crippen LogP contribution in [-0.2, 0) is 23.8 Å². The minimum absolute atomic E-state index is 0.209. The van der Waals surface area contributed by atoms with Gasteiger partial charge in [-0.15, -0.1) is 11.8 Å². The number of nitrogens with zero attached hydrogens (tertiary/aromatic N) is 1.